The van der Waals surface area contributed by atoms with E-state index in [4.69, 9.17) is 26.8 Å². The molecule has 0 radical (unpaired) electrons. The molecule has 3 rings (SSSR count). The van der Waals surface area contributed by atoms with Gasteiger partial charge in [0, 0.05) is 5.02 Å². The van der Waals surface area contributed by atoms with E-state index < -0.39 is 11.9 Å². The zero-order chi connectivity index (χ0) is 18.0. The molecule has 0 saturated heterocycles. The molecule has 0 fully saturated rings. The number of benzene rings is 1. The molecule has 0 unspecified atom stereocenters. The van der Waals surface area contributed by atoms with Gasteiger partial charge in [0.05, 0.1) is 30.2 Å². The summed E-state index contributed by atoms with van der Waals surface area (Å²) >= 11 is 6.33. The van der Waals surface area contributed by atoms with Crippen molar-refractivity contribution in [2.24, 2.45) is 5.73 Å². The fourth-order valence-corrected chi connectivity index (χ4v) is 3.06. The van der Waals surface area contributed by atoms with Crippen molar-refractivity contribution in [2.45, 2.75) is 19.3 Å². The van der Waals surface area contributed by atoms with Crippen LogP contribution in [0.3, 0.4) is 0 Å². The number of aromatic amines is 1. The van der Waals surface area contributed by atoms with E-state index in [1.807, 2.05) is 6.07 Å². The minimum absolute atomic E-state index is 0.0287. The molecule has 0 saturated carbocycles. The lowest BCUT2D eigenvalue weighted by atomic mass is 9.83. The molecule has 0 bridgehead atoms. The molecule has 1 atom stereocenters. The van der Waals surface area contributed by atoms with Crippen LogP contribution in [0.5, 0.6) is 5.88 Å². The van der Waals surface area contributed by atoms with Crippen LogP contribution in [-0.2, 0) is 16.0 Å². The van der Waals surface area contributed by atoms with Crippen LogP contribution in [0.25, 0.3) is 0 Å². The van der Waals surface area contributed by atoms with E-state index in [0.717, 1.165) is 0 Å². The predicted molar refractivity (Wildman–Crippen MR) is 89.7 cm³/mol. The van der Waals surface area contributed by atoms with E-state index in [0.29, 0.717) is 21.8 Å². The van der Waals surface area contributed by atoms with Crippen molar-refractivity contribution in [3.05, 3.63) is 57.6 Å². The van der Waals surface area contributed by atoms with Crippen LogP contribution in [0.15, 0.2) is 35.7 Å². The number of aromatic nitrogens is 2. The first kappa shape index (κ1) is 16.9. The fraction of sp³-hybridized carbons (Fsp3) is 0.235. The summed E-state index contributed by atoms with van der Waals surface area (Å²) in [6.07, 6.45) is -0.0287. The number of halogens is 1. The van der Waals surface area contributed by atoms with Gasteiger partial charge in [0.1, 0.15) is 11.6 Å². The fourth-order valence-electron chi connectivity index (χ4n) is 2.82. The van der Waals surface area contributed by atoms with E-state index in [-0.39, 0.29) is 30.4 Å². The van der Waals surface area contributed by atoms with Gasteiger partial charge in [0.15, 0.2) is 0 Å². The molecule has 1 aromatic heterocycles. The van der Waals surface area contributed by atoms with Gasteiger partial charge in [-0.15, -0.1) is 5.10 Å². The molecule has 25 heavy (non-hydrogen) atoms. The molecule has 1 aliphatic heterocycles. The minimum atomic E-state index is -0.578. The highest BCUT2D eigenvalue weighted by Gasteiger charge is 2.36. The number of H-pyrrole nitrogens is 1. The Kier molecular flexibility index (Phi) is 4.63. The second kappa shape index (κ2) is 6.87. The molecule has 1 aromatic carbocycles. The van der Waals surface area contributed by atoms with Crippen LogP contribution in [0.2, 0.25) is 5.02 Å². The Balaban J connectivity index is 2.14. The third-order valence-electron chi connectivity index (χ3n) is 3.86. The quantitative estimate of drug-likeness (QED) is 0.811. The first-order chi connectivity index (χ1) is 12.1. The highest BCUT2D eigenvalue weighted by atomic mass is 35.5. The molecule has 2 aromatic rings. The molecule has 7 nitrogen and oxygen atoms in total. The molecule has 8 heteroatoms. The number of hydrogen-bond donors (Lipinski definition) is 2. The number of esters is 1. The molecule has 128 valence electrons. The van der Waals surface area contributed by atoms with E-state index in [1.54, 1.807) is 25.1 Å². The molecule has 0 aliphatic carbocycles. The van der Waals surface area contributed by atoms with Crippen molar-refractivity contribution in [2.75, 3.05) is 6.61 Å². The number of nitrogens with zero attached hydrogens (tertiary/aromatic N) is 2. The van der Waals surface area contributed by atoms with Crippen molar-refractivity contribution in [1.82, 2.24) is 10.2 Å². The van der Waals surface area contributed by atoms with E-state index >= 15 is 0 Å². The maximum absolute atomic E-state index is 11.9. The summed E-state index contributed by atoms with van der Waals surface area (Å²) < 4.78 is 10.4. The highest BCUT2D eigenvalue weighted by Crippen LogP contribution is 2.44. The monoisotopic (exact) mass is 358 g/mol. The number of rotatable bonds is 4. The van der Waals surface area contributed by atoms with Gasteiger partial charge in [-0.1, -0.05) is 29.8 Å². The van der Waals surface area contributed by atoms with Crippen molar-refractivity contribution >= 4 is 17.6 Å². The number of nitriles is 1. The smallest absolute Gasteiger partial charge is 0.311 e. The van der Waals surface area contributed by atoms with E-state index in [9.17, 15) is 10.1 Å². The summed E-state index contributed by atoms with van der Waals surface area (Å²) in [4.78, 5) is 11.9. The van der Waals surface area contributed by atoms with Gasteiger partial charge in [-0.25, -0.2) is 0 Å². The third-order valence-corrected chi connectivity index (χ3v) is 4.20. The largest absolute Gasteiger partial charge is 0.466 e. The Labute approximate surface area is 149 Å². The second-order valence-corrected chi connectivity index (χ2v) is 5.76. The van der Waals surface area contributed by atoms with Crippen molar-refractivity contribution < 1.29 is 14.3 Å². The summed E-state index contributed by atoms with van der Waals surface area (Å²) in [5.41, 5.74) is 7.84. The standard InChI is InChI=1S/C17H15ClN4O3/c1-2-24-13(23)7-12-15-14(9-5-3-4-6-11(9)18)10(8-19)16(20)25-17(15)22-21-12/h3-6,14H,2,7,20H2,1H3,(H,21,22)/t14-/m1/s1. The predicted octanol–water partition coefficient (Wildman–Crippen LogP) is 2.39. The average molecular weight is 359 g/mol. The van der Waals surface area contributed by atoms with Gasteiger partial charge >= 0.3 is 5.97 Å². The third kappa shape index (κ3) is 3.04. The maximum atomic E-state index is 11.9. The highest BCUT2D eigenvalue weighted by molar-refractivity contribution is 6.31. The lowest BCUT2D eigenvalue weighted by Gasteiger charge is -2.24. The molecular formula is C17H15ClN4O3. The molecular weight excluding hydrogens is 344 g/mol. The second-order valence-electron chi connectivity index (χ2n) is 5.35. The Morgan fingerprint density at radius 2 is 2.28 bits per heavy atom. The number of nitrogens with two attached hydrogens (primary N) is 1. The SMILES string of the molecule is CCOC(=O)Cc1[nH]nc2c1[C@H](c1ccccc1Cl)C(C#N)=C(N)O2. The molecule has 0 amide bonds. The number of hydrogen-bond acceptors (Lipinski definition) is 6. The van der Waals surface area contributed by atoms with Gasteiger partial charge in [0.2, 0.25) is 11.8 Å². The topological polar surface area (TPSA) is 114 Å². The number of allylic oxidation sites excluding steroid dienone is 1. The Hall–Kier alpha value is -2.98. The van der Waals surface area contributed by atoms with Gasteiger partial charge in [-0.2, -0.15) is 5.26 Å². The Bertz CT molecular complexity index is 898. The van der Waals surface area contributed by atoms with Crippen LogP contribution in [0.4, 0.5) is 0 Å². The van der Waals surface area contributed by atoms with Crippen LogP contribution >= 0.6 is 11.6 Å². The van der Waals surface area contributed by atoms with Gasteiger partial charge in [-0.3, -0.25) is 9.89 Å². The molecule has 0 spiro atoms. The zero-order valence-electron chi connectivity index (χ0n) is 13.4. The summed E-state index contributed by atoms with van der Waals surface area (Å²) in [5, 5.41) is 16.9. The van der Waals surface area contributed by atoms with Crippen molar-refractivity contribution in [3.63, 3.8) is 0 Å². The number of carbonyl (C=O) groups is 1. The summed E-state index contributed by atoms with van der Waals surface area (Å²) in [7, 11) is 0. The molecule has 1 aliphatic rings. The lowest BCUT2D eigenvalue weighted by molar-refractivity contribution is -0.142. The summed E-state index contributed by atoms with van der Waals surface area (Å²) in [6.45, 7) is 2.00. The Morgan fingerprint density at radius 3 is 2.96 bits per heavy atom. The maximum Gasteiger partial charge on any atom is 0.311 e. The molecule has 3 N–H and O–H groups in total. The number of carbonyl (C=O) groups excluding carboxylic acids is 1. The zero-order valence-corrected chi connectivity index (χ0v) is 14.1. The van der Waals surface area contributed by atoms with Gasteiger partial charge in [0.25, 0.3) is 0 Å². The number of fused-ring (bicyclic) bond motifs is 1. The van der Waals surface area contributed by atoms with E-state index in [2.05, 4.69) is 16.3 Å². The lowest BCUT2D eigenvalue weighted by Crippen LogP contribution is -2.22. The average Bonchev–Trinajstić information content (AvgIpc) is 2.96. The van der Waals surface area contributed by atoms with Crippen molar-refractivity contribution in [1.29, 1.82) is 5.26 Å². The normalized spacial score (nSPS) is 16.0. The van der Waals surface area contributed by atoms with Crippen LogP contribution < -0.4 is 10.5 Å². The van der Waals surface area contributed by atoms with Crippen LogP contribution in [0.1, 0.15) is 29.7 Å². The minimum Gasteiger partial charge on any atom is -0.466 e. The summed E-state index contributed by atoms with van der Waals surface area (Å²) in [5.74, 6) is -0.798. The van der Waals surface area contributed by atoms with Crippen molar-refractivity contribution in [3.8, 4) is 11.9 Å². The number of nitrogens with one attached hydrogen (secondary N) is 1. The van der Waals surface area contributed by atoms with Gasteiger partial charge in [-0.05, 0) is 18.6 Å². The molecule has 2 heterocycles. The van der Waals surface area contributed by atoms with E-state index in [1.165, 1.54) is 0 Å². The Morgan fingerprint density at radius 1 is 1.52 bits per heavy atom. The van der Waals surface area contributed by atoms with Gasteiger partial charge < -0.3 is 15.2 Å². The number of ether oxygens (including phenoxy) is 2. The first-order valence-corrected chi connectivity index (χ1v) is 7.99. The summed E-state index contributed by atoms with van der Waals surface area (Å²) in [6, 6.07) is 9.21. The van der Waals surface area contributed by atoms with Crippen LogP contribution in [0, 0.1) is 11.3 Å². The first-order valence-electron chi connectivity index (χ1n) is 7.61. The van der Waals surface area contributed by atoms with Crippen LogP contribution in [-0.4, -0.2) is 22.8 Å².